The summed E-state index contributed by atoms with van der Waals surface area (Å²) in [5, 5.41) is 3.32. The summed E-state index contributed by atoms with van der Waals surface area (Å²) < 4.78 is 7.70. The molecule has 0 saturated carbocycles. The van der Waals surface area contributed by atoms with E-state index in [2.05, 4.69) is 12.2 Å². The maximum Gasteiger partial charge on any atom is 0.267 e. The van der Waals surface area contributed by atoms with E-state index in [1.54, 1.807) is 17.2 Å². The molecule has 2 aliphatic heterocycles. The van der Waals surface area contributed by atoms with Crippen LogP contribution in [-0.4, -0.2) is 50.3 Å². The minimum Gasteiger partial charge on any atom is -0.376 e. The molecule has 2 aromatic heterocycles. The molecule has 7 nitrogen and oxygen atoms in total. The number of thioether (sulfide) groups is 1. The number of amides is 1. The van der Waals surface area contributed by atoms with Crippen LogP contribution < -0.4 is 10.9 Å². The summed E-state index contributed by atoms with van der Waals surface area (Å²) in [7, 11) is 0. The fraction of sp³-hybridized carbons (Fsp3) is 0.478. The zero-order valence-corrected chi connectivity index (χ0v) is 20.1. The molecule has 1 amide bonds. The smallest absolute Gasteiger partial charge is 0.267 e. The lowest BCUT2D eigenvalue weighted by Crippen LogP contribution is -2.35. The van der Waals surface area contributed by atoms with Gasteiger partial charge in [0.25, 0.3) is 11.5 Å². The first-order chi connectivity index (χ1) is 15.5. The number of unbranched alkanes of at least 4 members (excludes halogenated alkanes) is 2. The van der Waals surface area contributed by atoms with Gasteiger partial charge in [0, 0.05) is 19.3 Å². The molecule has 2 fully saturated rings. The summed E-state index contributed by atoms with van der Waals surface area (Å²) in [6.07, 6.45) is 8.47. The minimum atomic E-state index is -0.207. The number of nitrogens with zero attached hydrogens (tertiary/aromatic N) is 3. The van der Waals surface area contributed by atoms with Crippen molar-refractivity contribution >= 4 is 51.7 Å². The molecule has 2 aromatic rings. The normalized spacial score (nSPS) is 20.1. The number of hydrogen-bond acceptors (Lipinski definition) is 7. The fourth-order valence-corrected chi connectivity index (χ4v) is 5.20. The second-order valence-corrected chi connectivity index (χ2v) is 9.80. The third-order valence-corrected chi connectivity index (χ3v) is 7.09. The third kappa shape index (κ3) is 4.74. The lowest BCUT2D eigenvalue weighted by molar-refractivity contribution is -0.123. The van der Waals surface area contributed by atoms with Crippen molar-refractivity contribution < 1.29 is 9.53 Å². The largest absolute Gasteiger partial charge is 0.376 e. The van der Waals surface area contributed by atoms with Crippen LogP contribution in [0.1, 0.15) is 50.2 Å². The zero-order valence-electron chi connectivity index (χ0n) is 18.4. The van der Waals surface area contributed by atoms with Gasteiger partial charge in [-0.3, -0.25) is 18.9 Å². The summed E-state index contributed by atoms with van der Waals surface area (Å²) in [6, 6.07) is 3.75. The molecule has 170 valence electrons. The highest BCUT2D eigenvalue weighted by atomic mass is 32.2. The molecular weight excluding hydrogens is 444 g/mol. The highest BCUT2D eigenvalue weighted by Gasteiger charge is 2.35. The van der Waals surface area contributed by atoms with Crippen molar-refractivity contribution in [3.63, 3.8) is 0 Å². The molecule has 32 heavy (non-hydrogen) atoms. The number of rotatable bonds is 8. The molecule has 1 atom stereocenters. The molecule has 9 heteroatoms. The quantitative estimate of drug-likeness (QED) is 0.354. The maximum atomic E-state index is 13.4. The van der Waals surface area contributed by atoms with Crippen LogP contribution in [0.4, 0.5) is 5.82 Å². The van der Waals surface area contributed by atoms with Gasteiger partial charge in [0.2, 0.25) is 0 Å². The number of pyridine rings is 1. The van der Waals surface area contributed by atoms with Crippen LogP contribution in [0, 0.1) is 6.92 Å². The van der Waals surface area contributed by atoms with Gasteiger partial charge in [-0.15, -0.1) is 0 Å². The van der Waals surface area contributed by atoms with Gasteiger partial charge in [-0.1, -0.05) is 49.8 Å². The van der Waals surface area contributed by atoms with Crippen LogP contribution in [0.3, 0.4) is 0 Å². The number of hydrogen-bond donors (Lipinski definition) is 1. The summed E-state index contributed by atoms with van der Waals surface area (Å²) >= 11 is 6.69. The second kappa shape index (κ2) is 10.1. The first kappa shape index (κ1) is 22.9. The number of thiocarbonyl (C=S) groups is 1. The highest BCUT2D eigenvalue weighted by molar-refractivity contribution is 8.26. The van der Waals surface area contributed by atoms with Gasteiger partial charge >= 0.3 is 0 Å². The zero-order chi connectivity index (χ0) is 22.7. The number of anilines is 1. The van der Waals surface area contributed by atoms with E-state index in [1.165, 1.54) is 16.2 Å². The van der Waals surface area contributed by atoms with E-state index in [1.807, 2.05) is 19.1 Å². The first-order valence-corrected chi connectivity index (χ1v) is 12.3. The lowest BCUT2D eigenvalue weighted by Gasteiger charge is -2.18. The number of aryl methyl sites for hydroxylation is 1. The van der Waals surface area contributed by atoms with Crippen LogP contribution in [0.2, 0.25) is 0 Å². The SMILES string of the molecule is CCCCCNc1nc2c(C)cccn2c(=O)c1/C=C1/SC(=S)N(CC2CCCO2)C1=O. The topological polar surface area (TPSA) is 75.9 Å². The molecule has 0 spiro atoms. The molecule has 0 bridgehead atoms. The minimum absolute atomic E-state index is 0.0172. The van der Waals surface area contributed by atoms with E-state index in [0.29, 0.717) is 39.3 Å². The Morgan fingerprint density at radius 1 is 1.38 bits per heavy atom. The van der Waals surface area contributed by atoms with Crippen molar-refractivity contribution in [1.29, 1.82) is 0 Å². The number of aromatic nitrogens is 2. The highest BCUT2D eigenvalue weighted by Crippen LogP contribution is 2.34. The van der Waals surface area contributed by atoms with Gasteiger partial charge in [0.1, 0.15) is 15.8 Å². The monoisotopic (exact) mass is 472 g/mol. The number of carbonyl (C=O) groups is 1. The Kier molecular flexibility index (Phi) is 7.27. The van der Waals surface area contributed by atoms with Crippen LogP contribution in [0.5, 0.6) is 0 Å². The average molecular weight is 473 g/mol. The molecule has 2 aliphatic rings. The van der Waals surface area contributed by atoms with E-state index in [-0.39, 0.29) is 17.6 Å². The van der Waals surface area contributed by atoms with Crippen LogP contribution in [-0.2, 0) is 9.53 Å². The standard InChI is InChI=1S/C23H28N4O3S2/c1-3-4-5-10-24-19-17(21(28)26-11-6-8-15(2)20(26)25-19)13-18-22(29)27(23(31)32-18)14-16-9-7-12-30-16/h6,8,11,13,16,24H,3-5,7,9-10,12,14H2,1-2H3/b18-13+. The van der Waals surface area contributed by atoms with E-state index in [4.69, 9.17) is 21.9 Å². The van der Waals surface area contributed by atoms with Gasteiger partial charge in [-0.2, -0.15) is 0 Å². The van der Waals surface area contributed by atoms with Crippen molar-refractivity contribution in [2.24, 2.45) is 0 Å². The van der Waals surface area contributed by atoms with Gasteiger partial charge in [0.05, 0.1) is 23.1 Å². The molecule has 4 rings (SSSR count). The number of ether oxygens (including phenoxy) is 1. The number of nitrogens with one attached hydrogen (secondary N) is 1. The summed E-state index contributed by atoms with van der Waals surface area (Å²) in [6.45, 7) is 5.97. The molecule has 0 aliphatic carbocycles. The molecular formula is C23H28N4O3S2. The lowest BCUT2D eigenvalue weighted by atomic mass is 10.2. The van der Waals surface area contributed by atoms with Crippen molar-refractivity contribution in [3.05, 3.63) is 44.7 Å². The predicted molar refractivity (Wildman–Crippen MR) is 133 cm³/mol. The van der Waals surface area contributed by atoms with Crippen molar-refractivity contribution in [1.82, 2.24) is 14.3 Å². The maximum absolute atomic E-state index is 13.4. The average Bonchev–Trinajstić information content (AvgIpc) is 3.38. The Morgan fingerprint density at radius 2 is 2.22 bits per heavy atom. The van der Waals surface area contributed by atoms with Crippen molar-refractivity contribution in [2.45, 2.75) is 52.1 Å². The first-order valence-electron chi connectivity index (χ1n) is 11.1. The van der Waals surface area contributed by atoms with E-state index in [0.717, 1.165) is 44.3 Å². The van der Waals surface area contributed by atoms with Crippen LogP contribution >= 0.6 is 24.0 Å². The Hall–Kier alpha value is -2.23. The fourth-order valence-electron chi connectivity index (χ4n) is 3.94. The molecule has 0 radical (unpaired) electrons. The Balaban J connectivity index is 1.69. The third-order valence-electron chi connectivity index (χ3n) is 5.72. The van der Waals surface area contributed by atoms with Crippen molar-refractivity contribution in [2.75, 3.05) is 25.0 Å². The second-order valence-electron chi connectivity index (χ2n) is 8.13. The number of fused-ring (bicyclic) bond motifs is 1. The van der Waals surface area contributed by atoms with E-state index >= 15 is 0 Å². The predicted octanol–water partition coefficient (Wildman–Crippen LogP) is 3.99. The van der Waals surface area contributed by atoms with Gasteiger partial charge in [0.15, 0.2) is 0 Å². The summed E-state index contributed by atoms with van der Waals surface area (Å²) in [5.74, 6) is 0.325. The van der Waals surface area contributed by atoms with E-state index < -0.39 is 0 Å². The Morgan fingerprint density at radius 3 is 2.97 bits per heavy atom. The number of carbonyl (C=O) groups excluding carboxylic acids is 1. The summed E-state index contributed by atoms with van der Waals surface area (Å²) in [5.41, 5.74) is 1.69. The molecule has 4 heterocycles. The molecule has 0 aromatic carbocycles. The van der Waals surface area contributed by atoms with E-state index in [9.17, 15) is 9.59 Å². The van der Waals surface area contributed by atoms with Gasteiger partial charge < -0.3 is 10.1 Å². The van der Waals surface area contributed by atoms with Crippen LogP contribution in [0.25, 0.3) is 11.7 Å². The van der Waals surface area contributed by atoms with Gasteiger partial charge in [-0.05, 0) is 43.9 Å². The molecule has 1 unspecified atom stereocenters. The summed E-state index contributed by atoms with van der Waals surface area (Å²) in [4.78, 5) is 33.2. The van der Waals surface area contributed by atoms with Crippen molar-refractivity contribution in [3.8, 4) is 0 Å². The molecule has 1 N–H and O–H groups in total. The van der Waals surface area contributed by atoms with Gasteiger partial charge in [-0.25, -0.2) is 4.98 Å². The Labute approximate surface area is 197 Å². The Bertz CT molecular complexity index is 1120. The van der Waals surface area contributed by atoms with Crippen LogP contribution in [0.15, 0.2) is 28.0 Å². The molecule has 2 saturated heterocycles.